The van der Waals surface area contributed by atoms with E-state index in [2.05, 4.69) is 60.8 Å². The van der Waals surface area contributed by atoms with Gasteiger partial charge in [0, 0.05) is 23.7 Å². The quantitative estimate of drug-likeness (QED) is 0.592. The molecule has 5 rings (SSSR count). The van der Waals surface area contributed by atoms with Gasteiger partial charge in [-0.15, -0.1) is 0 Å². The van der Waals surface area contributed by atoms with Crippen molar-refractivity contribution in [3.8, 4) is 0 Å². The molecule has 4 unspecified atom stereocenters. The molecule has 0 N–H and O–H groups in total. The molecule has 0 nitrogen and oxygen atoms in total. The Morgan fingerprint density at radius 3 is 2.80 bits per heavy atom. The number of fused-ring (bicyclic) bond motifs is 5. The highest BCUT2D eigenvalue weighted by atomic mass is 14.5. The molecular formula is C20H18. The smallest absolute Gasteiger partial charge is 0.0210 e. The highest BCUT2D eigenvalue weighted by molar-refractivity contribution is 5.62. The zero-order chi connectivity index (χ0) is 13.1. The van der Waals surface area contributed by atoms with Crippen LogP contribution < -0.4 is 0 Å². The van der Waals surface area contributed by atoms with Crippen molar-refractivity contribution in [2.24, 2.45) is 23.7 Å². The molecular weight excluding hydrogens is 240 g/mol. The highest BCUT2D eigenvalue weighted by Gasteiger charge is 2.44. The number of hydrogen-bond donors (Lipinski definition) is 0. The molecule has 0 aliphatic heterocycles. The summed E-state index contributed by atoms with van der Waals surface area (Å²) in [5.41, 5.74) is 6.54. The van der Waals surface area contributed by atoms with Crippen LogP contribution in [0.25, 0.3) is 0 Å². The summed E-state index contributed by atoms with van der Waals surface area (Å²) in [5, 5.41) is 0. The maximum atomic E-state index is 2.51. The minimum absolute atomic E-state index is 0.520. The van der Waals surface area contributed by atoms with Crippen molar-refractivity contribution in [1.29, 1.82) is 0 Å². The Morgan fingerprint density at radius 1 is 0.950 bits per heavy atom. The Hall–Kier alpha value is -1.82. The van der Waals surface area contributed by atoms with Crippen LogP contribution in [0.2, 0.25) is 0 Å². The summed E-state index contributed by atoms with van der Waals surface area (Å²) in [5.74, 6) is 2.40. The van der Waals surface area contributed by atoms with Crippen molar-refractivity contribution in [2.75, 3.05) is 0 Å². The molecule has 0 heteroatoms. The van der Waals surface area contributed by atoms with E-state index < -0.39 is 0 Å². The van der Waals surface area contributed by atoms with Crippen LogP contribution in [0.1, 0.15) is 12.8 Å². The minimum atomic E-state index is 0.520. The lowest BCUT2D eigenvalue weighted by atomic mass is 9.71. The SMILES string of the molecule is C1=CC2C=C3C=CCCC3C3=C2C(=C1)C1C=CC=CC31. The van der Waals surface area contributed by atoms with Crippen LogP contribution in [0.5, 0.6) is 0 Å². The zero-order valence-electron chi connectivity index (χ0n) is 11.5. The van der Waals surface area contributed by atoms with Gasteiger partial charge < -0.3 is 0 Å². The topological polar surface area (TPSA) is 0 Å². The van der Waals surface area contributed by atoms with Crippen molar-refractivity contribution in [3.05, 3.63) is 83.1 Å². The fraction of sp³-hybridized carbons (Fsp3) is 0.300. The largest absolute Gasteiger partial charge is 0.0842 e. The Morgan fingerprint density at radius 2 is 1.85 bits per heavy atom. The molecule has 0 spiro atoms. The van der Waals surface area contributed by atoms with E-state index in [0.29, 0.717) is 23.7 Å². The molecule has 5 aliphatic carbocycles. The van der Waals surface area contributed by atoms with Crippen molar-refractivity contribution >= 4 is 0 Å². The molecule has 0 bridgehead atoms. The van der Waals surface area contributed by atoms with E-state index in [1.807, 2.05) is 0 Å². The second-order valence-corrected chi connectivity index (χ2v) is 6.42. The van der Waals surface area contributed by atoms with Crippen LogP contribution in [-0.2, 0) is 0 Å². The first kappa shape index (κ1) is 10.9. The Balaban J connectivity index is 1.74. The van der Waals surface area contributed by atoms with Crippen LogP contribution in [0.3, 0.4) is 0 Å². The second kappa shape index (κ2) is 3.85. The van der Waals surface area contributed by atoms with Gasteiger partial charge in [0.05, 0.1) is 0 Å². The summed E-state index contributed by atoms with van der Waals surface area (Å²) < 4.78 is 0. The Labute approximate surface area is 120 Å². The standard InChI is InChI=1S/C20H18/c1-2-8-15-13(6-1)12-14-7-5-11-17-16-9-3-4-10-18(16)20(15)19(14)17/h1,3-7,9-12,14-16,18H,2,8H2. The van der Waals surface area contributed by atoms with Gasteiger partial charge in [0.25, 0.3) is 0 Å². The lowest BCUT2D eigenvalue weighted by Crippen LogP contribution is -2.21. The van der Waals surface area contributed by atoms with Crippen molar-refractivity contribution in [1.82, 2.24) is 0 Å². The first-order valence-corrected chi connectivity index (χ1v) is 7.79. The van der Waals surface area contributed by atoms with Gasteiger partial charge in [-0.05, 0) is 29.6 Å². The molecule has 0 fully saturated rings. The third kappa shape index (κ3) is 1.27. The summed E-state index contributed by atoms with van der Waals surface area (Å²) in [6.45, 7) is 0. The van der Waals surface area contributed by atoms with Crippen LogP contribution in [-0.4, -0.2) is 0 Å². The van der Waals surface area contributed by atoms with Gasteiger partial charge in [0.2, 0.25) is 0 Å². The average Bonchev–Trinajstić information content (AvgIpc) is 2.85. The molecule has 5 aliphatic rings. The summed E-state index contributed by atoms with van der Waals surface area (Å²) in [4.78, 5) is 0. The molecule has 20 heavy (non-hydrogen) atoms. The maximum Gasteiger partial charge on any atom is 0.0210 e. The van der Waals surface area contributed by atoms with Crippen LogP contribution in [0.4, 0.5) is 0 Å². The van der Waals surface area contributed by atoms with E-state index >= 15 is 0 Å². The van der Waals surface area contributed by atoms with Crippen LogP contribution in [0, 0.1) is 23.7 Å². The average molecular weight is 258 g/mol. The molecule has 0 aromatic rings. The van der Waals surface area contributed by atoms with Gasteiger partial charge in [-0.3, -0.25) is 0 Å². The van der Waals surface area contributed by atoms with E-state index in [1.165, 1.54) is 12.8 Å². The van der Waals surface area contributed by atoms with Crippen molar-refractivity contribution in [3.63, 3.8) is 0 Å². The zero-order valence-corrected chi connectivity index (χ0v) is 11.5. The molecule has 0 aromatic heterocycles. The summed E-state index contributed by atoms with van der Waals surface area (Å²) >= 11 is 0. The fourth-order valence-corrected chi connectivity index (χ4v) is 4.73. The van der Waals surface area contributed by atoms with Gasteiger partial charge in [0.1, 0.15) is 0 Å². The monoisotopic (exact) mass is 258 g/mol. The predicted octanol–water partition coefficient (Wildman–Crippen LogP) is 4.67. The van der Waals surface area contributed by atoms with Gasteiger partial charge in [-0.1, -0.05) is 66.3 Å². The van der Waals surface area contributed by atoms with Gasteiger partial charge in [-0.25, -0.2) is 0 Å². The summed E-state index contributed by atoms with van der Waals surface area (Å²) in [7, 11) is 0. The number of allylic oxidation sites excluding steroid dienone is 14. The fourth-order valence-electron chi connectivity index (χ4n) is 4.73. The first-order valence-electron chi connectivity index (χ1n) is 7.79. The first-order chi connectivity index (χ1) is 9.93. The van der Waals surface area contributed by atoms with E-state index in [-0.39, 0.29) is 0 Å². The van der Waals surface area contributed by atoms with Crippen molar-refractivity contribution < 1.29 is 0 Å². The summed E-state index contributed by atoms with van der Waals surface area (Å²) in [6, 6.07) is 0. The molecule has 0 amide bonds. The van der Waals surface area contributed by atoms with Gasteiger partial charge in [-0.2, -0.15) is 0 Å². The molecule has 0 heterocycles. The highest BCUT2D eigenvalue weighted by Crippen LogP contribution is 2.56. The van der Waals surface area contributed by atoms with E-state index in [1.54, 1.807) is 22.3 Å². The Bertz CT molecular complexity index is 688. The van der Waals surface area contributed by atoms with E-state index in [0.717, 1.165) is 0 Å². The lowest BCUT2D eigenvalue weighted by Gasteiger charge is -2.33. The van der Waals surface area contributed by atoms with Crippen molar-refractivity contribution in [2.45, 2.75) is 12.8 Å². The molecule has 0 radical (unpaired) electrons. The molecule has 98 valence electrons. The second-order valence-electron chi connectivity index (χ2n) is 6.42. The van der Waals surface area contributed by atoms with Gasteiger partial charge in [0.15, 0.2) is 0 Å². The summed E-state index contributed by atoms with van der Waals surface area (Å²) in [6.07, 6.45) is 26.1. The molecule has 0 saturated heterocycles. The Kier molecular flexibility index (Phi) is 2.10. The predicted molar refractivity (Wildman–Crippen MR) is 82.9 cm³/mol. The third-order valence-corrected chi connectivity index (χ3v) is 5.48. The van der Waals surface area contributed by atoms with E-state index in [4.69, 9.17) is 0 Å². The van der Waals surface area contributed by atoms with Gasteiger partial charge >= 0.3 is 0 Å². The van der Waals surface area contributed by atoms with Crippen LogP contribution >= 0.6 is 0 Å². The normalized spacial score (nSPS) is 39.2. The molecule has 0 aromatic carbocycles. The third-order valence-electron chi connectivity index (χ3n) is 5.48. The lowest BCUT2D eigenvalue weighted by molar-refractivity contribution is 0.536. The number of hydrogen-bond acceptors (Lipinski definition) is 0. The van der Waals surface area contributed by atoms with Crippen LogP contribution in [0.15, 0.2) is 83.1 Å². The van der Waals surface area contributed by atoms with E-state index in [9.17, 15) is 0 Å². The molecule has 4 atom stereocenters. The molecule has 0 saturated carbocycles. The number of rotatable bonds is 0. The maximum absolute atomic E-state index is 2.51. The minimum Gasteiger partial charge on any atom is -0.0842 e.